The summed E-state index contributed by atoms with van der Waals surface area (Å²) in [6.07, 6.45) is 15.3. The number of ether oxygens (including phenoxy) is 2. The second kappa shape index (κ2) is 17.3. The van der Waals surface area contributed by atoms with Gasteiger partial charge in [-0.2, -0.15) is 0 Å². The van der Waals surface area contributed by atoms with Crippen molar-refractivity contribution in [2.24, 2.45) is 0 Å². The monoisotopic (exact) mass is 300 g/mol. The Bertz CT molecular complexity index is 217. The lowest BCUT2D eigenvalue weighted by Gasteiger charge is -2.06. The van der Waals surface area contributed by atoms with E-state index in [4.69, 9.17) is 9.47 Å². The molecule has 0 aromatic rings. The van der Waals surface area contributed by atoms with Gasteiger partial charge < -0.3 is 9.47 Å². The first kappa shape index (κ1) is 20.3. The summed E-state index contributed by atoms with van der Waals surface area (Å²) in [7, 11) is 0. The van der Waals surface area contributed by atoms with Crippen LogP contribution in [0.3, 0.4) is 0 Å². The minimum Gasteiger partial charge on any atom is -0.434 e. The minimum absolute atomic E-state index is 0.491. The van der Waals surface area contributed by atoms with Crippen LogP contribution in [0.15, 0.2) is 0 Å². The maximum absolute atomic E-state index is 11.3. The molecule has 0 fully saturated rings. The Morgan fingerprint density at radius 1 is 0.571 bits per heavy atom. The lowest BCUT2D eigenvalue weighted by molar-refractivity contribution is 0.0529. The van der Waals surface area contributed by atoms with Gasteiger partial charge in [-0.1, -0.05) is 84.5 Å². The van der Waals surface area contributed by atoms with E-state index < -0.39 is 6.16 Å². The molecule has 0 aliphatic heterocycles. The maximum atomic E-state index is 11.3. The van der Waals surface area contributed by atoms with Crippen LogP contribution >= 0.6 is 0 Å². The molecule has 0 unspecified atom stereocenters. The van der Waals surface area contributed by atoms with E-state index >= 15 is 0 Å². The Balaban J connectivity index is 3.13. The van der Waals surface area contributed by atoms with E-state index in [2.05, 4.69) is 13.8 Å². The van der Waals surface area contributed by atoms with Crippen molar-refractivity contribution in [3.8, 4) is 0 Å². The largest absolute Gasteiger partial charge is 0.508 e. The molecule has 3 nitrogen and oxygen atoms in total. The Morgan fingerprint density at radius 2 is 0.905 bits per heavy atom. The number of rotatable bonds is 15. The zero-order chi connectivity index (χ0) is 15.6. The third-order valence-corrected chi connectivity index (χ3v) is 3.69. The minimum atomic E-state index is -0.491. The lowest BCUT2D eigenvalue weighted by Crippen LogP contribution is -2.09. The first-order valence-corrected chi connectivity index (χ1v) is 9.10. The van der Waals surface area contributed by atoms with Gasteiger partial charge in [0.15, 0.2) is 0 Å². The van der Waals surface area contributed by atoms with Crippen molar-refractivity contribution >= 4 is 6.16 Å². The fourth-order valence-electron chi connectivity index (χ4n) is 2.29. The second-order valence-corrected chi connectivity index (χ2v) is 5.84. The number of carbonyl (C=O) groups excluding carboxylic acids is 1. The highest BCUT2D eigenvalue weighted by molar-refractivity contribution is 5.59. The van der Waals surface area contributed by atoms with Crippen LogP contribution in [0.2, 0.25) is 0 Å². The summed E-state index contributed by atoms with van der Waals surface area (Å²) < 4.78 is 10.1. The SMILES string of the molecule is CCCCCCCCCOC(=O)OCCCCCCCC. The molecule has 0 saturated carbocycles. The van der Waals surface area contributed by atoms with Gasteiger partial charge in [-0.05, 0) is 12.8 Å². The Morgan fingerprint density at radius 3 is 1.29 bits per heavy atom. The fourth-order valence-corrected chi connectivity index (χ4v) is 2.29. The predicted molar refractivity (Wildman–Crippen MR) is 88.7 cm³/mol. The van der Waals surface area contributed by atoms with Gasteiger partial charge in [0, 0.05) is 0 Å². The highest BCUT2D eigenvalue weighted by atomic mass is 16.7. The first-order valence-electron chi connectivity index (χ1n) is 9.10. The molecular formula is C18H36O3. The Hall–Kier alpha value is -0.730. The third kappa shape index (κ3) is 17.2. The summed E-state index contributed by atoms with van der Waals surface area (Å²) in [5.41, 5.74) is 0. The van der Waals surface area contributed by atoms with Crippen molar-refractivity contribution in [2.45, 2.75) is 97.3 Å². The van der Waals surface area contributed by atoms with Crippen molar-refractivity contribution in [2.75, 3.05) is 13.2 Å². The quantitative estimate of drug-likeness (QED) is 0.265. The van der Waals surface area contributed by atoms with Crippen LogP contribution in [-0.2, 0) is 9.47 Å². The van der Waals surface area contributed by atoms with Crippen LogP contribution in [0.5, 0.6) is 0 Å². The molecule has 0 spiro atoms. The van der Waals surface area contributed by atoms with Gasteiger partial charge in [-0.25, -0.2) is 4.79 Å². The van der Waals surface area contributed by atoms with E-state index in [1.54, 1.807) is 0 Å². The predicted octanol–water partition coefficient (Wildman–Crippen LogP) is 6.25. The number of hydrogen-bond acceptors (Lipinski definition) is 3. The average molecular weight is 300 g/mol. The van der Waals surface area contributed by atoms with Gasteiger partial charge in [0.05, 0.1) is 13.2 Å². The maximum Gasteiger partial charge on any atom is 0.508 e. The molecule has 0 aliphatic rings. The van der Waals surface area contributed by atoms with Crippen LogP contribution in [0.4, 0.5) is 4.79 Å². The standard InChI is InChI=1S/C18H36O3/c1-3-5-7-9-11-13-15-17-21-18(19)20-16-14-12-10-8-6-4-2/h3-17H2,1-2H3. The normalized spacial score (nSPS) is 10.6. The van der Waals surface area contributed by atoms with Gasteiger partial charge >= 0.3 is 6.16 Å². The van der Waals surface area contributed by atoms with Crippen molar-refractivity contribution < 1.29 is 14.3 Å². The van der Waals surface area contributed by atoms with Crippen LogP contribution in [0.1, 0.15) is 97.3 Å². The molecule has 0 N–H and O–H groups in total. The smallest absolute Gasteiger partial charge is 0.434 e. The van der Waals surface area contributed by atoms with E-state index in [1.807, 2.05) is 0 Å². The van der Waals surface area contributed by atoms with Crippen molar-refractivity contribution in [3.05, 3.63) is 0 Å². The second-order valence-electron chi connectivity index (χ2n) is 5.84. The third-order valence-electron chi connectivity index (χ3n) is 3.69. The van der Waals surface area contributed by atoms with Crippen molar-refractivity contribution in [1.29, 1.82) is 0 Å². The molecule has 0 rings (SSSR count). The molecule has 0 atom stereocenters. The van der Waals surface area contributed by atoms with Gasteiger partial charge in [0.25, 0.3) is 0 Å². The Labute approximate surface area is 131 Å². The zero-order valence-electron chi connectivity index (χ0n) is 14.3. The molecule has 0 saturated heterocycles. The topological polar surface area (TPSA) is 35.5 Å². The summed E-state index contributed by atoms with van der Waals surface area (Å²) in [5.74, 6) is 0. The zero-order valence-corrected chi connectivity index (χ0v) is 14.3. The van der Waals surface area contributed by atoms with Crippen LogP contribution < -0.4 is 0 Å². The van der Waals surface area contributed by atoms with Gasteiger partial charge in [0.1, 0.15) is 0 Å². The van der Waals surface area contributed by atoms with E-state index in [-0.39, 0.29) is 0 Å². The molecule has 0 amide bonds. The van der Waals surface area contributed by atoms with E-state index in [0.717, 1.165) is 25.7 Å². The van der Waals surface area contributed by atoms with E-state index in [0.29, 0.717) is 13.2 Å². The first-order chi connectivity index (χ1) is 10.3. The van der Waals surface area contributed by atoms with Crippen LogP contribution in [-0.4, -0.2) is 19.4 Å². The van der Waals surface area contributed by atoms with Gasteiger partial charge in [0.2, 0.25) is 0 Å². The highest BCUT2D eigenvalue weighted by Gasteiger charge is 2.02. The summed E-state index contributed by atoms with van der Waals surface area (Å²) in [6.45, 7) is 5.44. The molecule has 21 heavy (non-hydrogen) atoms. The summed E-state index contributed by atoms with van der Waals surface area (Å²) >= 11 is 0. The number of unbranched alkanes of at least 4 members (excludes halogenated alkanes) is 11. The molecule has 126 valence electrons. The number of hydrogen-bond donors (Lipinski definition) is 0. The van der Waals surface area contributed by atoms with E-state index in [1.165, 1.54) is 57.8 Å². The molecule has 0 aliphatic carbocycles. The molecule has 3 heteroatoms. The fraction of sp³-hybridized carbons (Fsp3) is 0.944. The molecule has 0 radical (unpaired) electrons. The van der Waals surface area contributed by atoms with Crippen LogP contribution in [0.25, 0.3) is 0 Å². The van der Waals surface area contributed by atoms with Gasteiger partial charge in [-0.3, -0.25) is 0 Å². The lowest BCUT2D eigenvalue weighted by atomic mass is 10.1. The molecule has 0 bridgehead atoms. The van der Waals surface area contributed by atoms with Crippen LogP contribution in [0, 0.1) is 0 Å². The molecule has 0 aromatic carbocycles. The summed E-state index contributed by atoms with van der Waals surface area (Å²) in [4.78, 5) is 11.3. The number of carbonyl (C=O) groups is 1. The average Bonchev–Trinajstić information content (AvgIpc) is 2.49. The highest BCUT2D eigenvalue weighted by Crippen LogP contribution is 2.07. The van der Waals surface area contributed by atoms with Gasteiger partial charge in [-0.15, -0.1) is 0 Å². The Kier molecular flexibility index (Phi) is 16.7. The molecule has 0 aromatic heterocycles. The van der Waals surface area contributed by atoms with Crippen molar-refractivity contribution in [1.82, 2.24) is 0 Å². The van der Waals surface area contributed by atoms with Crippen molar-refractivity contribution in [3.63, 3.8) is 0 Å². The van der Waals surface area contributed by atoms with E-state index in [9.17, 15) is 4.79 Å². The molecule has 0 heterocycles. The summed E-state index contributed by atoms with van der Waals surface area (Å²) in [5, 5.41) is 0. The molecular weight excluding hydrogens is 264 g/mol. The summed E-state index contributed by atoms with van der Waals surface area (Å²) in [6, 6.07) is 0.